The Morgan fingerprint density at radius 1 is 1.29 bits per heavy atom. The van der Waals surface area contributed by atoms with Crippen LogP contribution in [0.3, 0.4) is 0 Å². The molecule has 0 N–H and O–H groups in total. The third-order valence-corrected chi connectivity index (χ3v) is 2.15. The predicted octanol–water partition coefficient (Wildman–Crippen LogP) is 1.76. The molecular weight excluding hydrogens is 200 g/mol. The van der Waals surface area contributed by atoms with Gasteiger partial charge in [-0.3, -0.25) is 4.98 Å². The van der Waals surface area contributed by atoms with Gasteiger partial charge in [-0.25, -0.2) is 9.78 Å². The molecule has 0 atom stereocenters. The first-order valence-corrected chi connectivity index (χ1v) is 4.76. The second-order valence-corrected chi connectivity index (χ2v) is 3.28. The Labute approximate surface area is 84.2 Å². The van der Waals surface area contributed by atoms with Gasteiger partial charge in [0, 0.05) is 24.0 Å². The number of carbonyl (C=O) groups excluding carboxylic acids is 1. The van der Waals surface area contributed by atoms with Gasteiger partial charge in [0.05, 0.1) is 5.56 Å². The summed E-state index contributed by atoms with van der Waals surface area (Å²) in [5.41, 5.74) is 0.468. The summed E-state index contributed by atoms with van der Waals surface area (Å²) in [4.78, 5) is 19.1. The molecule has 2 aromatic heterocycles. The summed E-state index contributed by atoms with van der Waals surface area (Å²) >= 11 is 1.28. The topological polar surface area (TPSA) is 52.1 Å². The molecule has 0 unspecified atom stereocenters. The first-order chi connectivity index (χ1) is 6.86. The molecule has 0 amide bonds. The van der Waals surface area contributed by atoms with Crippen LogP contribution in [0.25, 0.3) is 0 Å². The van der Waals surface area contributed by atoms with Crippen LogP contribution in [0.5, 0.6) is 5.19 Å². The zero-order chi connectivity index (χ0) is 9.80. The highest BCUT2D eigenvalue weighted by Crippen LogP contribution is 2.15. The van der Waals surface area contributed by atoms with E-state index in [1.807, 2.05) is 0 Å². The van der Waals surface area contributed by atoms with Crippen LogP contribution in [-0.4, -0.2) is 15.9 Å². The van der Waals surface area contributed by atoms with Crippen LogP contribution in [-0.2, 0) is 0 Å². The molecule has 0 aliphatic heterocycles. The summed E-state index contributed by atoms with van der Waals surface area (Å²) < 4.78 is 4.98. The van der Waals surface area contributed by atoms with E-state index >= 15 is 0 Å². The number of nitrogens with zero attached hydrogens (tertiary/aromatic N) is 2. The Morgan fingerprint density at radius 2 is 2.07 bits per heavy atom. The van der Waals surface area contributed by atoms with Gasteiger partial charge >= 0.3 is 5.97 Å². The van der Waals surface area contributed by atoms with Crippen molar-refractivity contribution in [3.05, 3.63) is 41.7 Å². The van der Waals surface area contributed by atoms with E-state index in [0.29, 0.717) is 10.8 Å². The minimum absolute atomic E-state index is 0.354. The van der Waals surface area contributed by atoms with E-state index in [2.05, 4.69) is 9.97 Å². The smallest absolute Gasteiger partial charge is 0.345 e. The number of rotatable bonds is 2. The molecule has 2 rings (SSSR count). The molecule has 0 radical (unpaired) electrons. The fraction of sp³-hybridized carbons (Fsp3) is 0. The van der Waals surface area contributed by atoms with Crippen LogP contribution in [0, 0.1) is 0 Å². The van der Waals surface area contributed by atoms with Gasteiger partial charge in [-0.2, -0.15) is 0 Å². The Morgan fingerprint density at radius 3 is 2.71 bits per heavy atom. The van der Waals surface area contributed by atoms with Gasteiger partial charge in [-0.05, 0) is 12.1 Å². The molecular formula is C9H6N2O2S. The Bertz CT molecular complexity index is 414. The fourth-order valence-corrected chi connectivity index (χ4v) is 1.37. The molecule has 70 valence electrons. The number of ether oxygens (including phenoxy) is 1. The van der Waals surface area contributed by atoms with Crippen molar-refractivity contribution in [2.75, 3.05) is 0 Å². The predicted molar refractivity (Wildman–Crippen MR) is 51.3 cm³/mol. The molecule has 0 saturated carbocycles. The second-order valence-electron chi connectivity index (χ2n) is 2.42. The standard InChI is InChI=1S/C9H6N2O2S/c12-8(7-1-3-10-4-2-7)13-9-11-5-6-14-9/h1-6H. The number of esters is 1. The average molecular weight is 206 g/mol. The zero-order valence-electron chi connectivity index (χ0n) is 7.08. The Balaban J connectivity index is 2.11. The first kappa shape index (κ1) is 8.83. The van der Waals surface area contributed by atoms with Crippen molar-refractivity contribution >= 4 is 17.3 Å². The van der Waals surface area contributed by atoms with E-state index in [1.165, 1.54) is 11.3 Å². The summed E-state index contributed by atoms with van der Waals surface area (Å²) in [5, 5.41) is 2.10. The largest absolute Gasteiger partial charge is 0.394 e. The first-order valence-electron chi connectivity index (χ1n) is 3.88. The van der Waals surface area contributed by atoms with Crippen molar-refractivity contribution in [1.29, 1.82) is 0 Å². The lowest BCUT2D eigenvalue weighted by Gasteiger charge is -1.98. The van der Waals surface area contributed by atoms with Gasteiger partial charge in [0.25, 0.3) is 5.19 Å². The summed E-state index contributed by atoms with van der Waals surface area (Å²) in [5.74, 6) is -0.414. The van der Waals surface area contributed by atoms with Gasteiger partial charge < -0.3 is 4.74 Å². The van der Waals surface area contributed by atoms with E-state index in [-0.39, 0.29) is 0 Å². The quantitative estimate of drug-likeness (QED) is 0.702. The highest BCUT2D eigenvalue weighted by atomic mass is 32.1. The van der Waals surface area contributed by atoms with Crippen molar-refractivity contribution in [2.24, 2.45) is 0 Å². The van der Waals surface area contributed by atoms with E-state index in [0.717, 1.165) is 0 Å². The second kappa shape index (κ2) is 3.97. The lowest BCUT2D eigenvalue weighted by Crippen LogP contribution is -2.07. The number of pyridine rings is 1. The van der Waals surface area contributed by atoms with E-state index in [4.69, 9.17) is 4.74 Å². The van der Waals surface area contributed by atoms with Crippen molar-refractivity contribution in [3.63, 3.8) is 0 Å². The molecule has 0 bridgehead atoms. The van der Waals surface area contributed by atoms with E-state index < -0.39 is 5.97 Å². The van der Waals surface area contributed by atoms with Crippen LogP contribution >= 0.6 is 11.3 Å². The molecule has 0 spiro atoms. The maximum atomic E-state index is 11.4. The van der Waals surface area contributed by atoms with Gasteiger partial charge in [-0.15, -0.1) is 0 Å². The Hall–Kier alpha value is -1.75. The average Bonchev–Trinajstić information content (AvgIpc) is 2.72. The third kappa shape index (κ3) is 1.94. The molecule has 0 saturated heterocycles. The van der Waals surface area contributed by atoms with Gasteiger partial charge in [0.1, 0.15) is 0 Å². The van der Waals surface area contributed by atoms with Crippen molar-refractivity contribution in [3.8, 4) is 5.19 Å². The number of thiazole rings is 1. The van der Waals surface area contributed by atoms with Crippen molar-refractivity contribution in [2.45, 2.75) is 0 Å². The highest BCUT2D eigenvalue weighted by molar-refractivity contribution is 7.11. The molecule has 5 heteroatoms. The van der Waals surface area contributed by atoms with Gasteiger partial charge in [0.2, 0.25) is 0 Å². The molecule has 4 nitrogen and oxygen atoms in total. The molecule has 2 heterocycles. The highest BCUT2D eigenvalue weighted by Gasteiger charge is 2.08. The minimum Gasteiger partial charge on any atom is -0.394 e. The molecule has 0 aliphatic rings. The summed E-state index contributed by atoms with van der Waals surface area (Å²) in [6.45, 7) is 0. The third-order valence-electron chi connectivity index (χ3n) is 1.51. The van der Waals surface area contributed by atoms with Crippen LogP contribution in [0.4, 0.5) is 0 Å². The maximum absolute atomic E-state index is 11.4. The minimum atomic E-state index is -0.414. The summed E-state index contributed by atoms with van der Waals surface area (Å²) in [7, 11) is 0. The molecule has 14 heavy (non-hydrogen) atoms. The lowest BCUT2D eigenvalue weighted by atomic mass is 10.3. The molecule has 0 aromatic carbocycles. The lowest BCUT2D eigenvalue weighted by molar-refractivity contribution is 0.0734. The number of aromatic nitrogens is 2. The van der Waals surface area contributed by atoms with Gasteiger partial charge in [-0.1, -0.05) is 11.3 Å². The molecule has 0 aliphatic carbocycles. The van der Waals surface area contributed by atoms with Crippen molar-refractivity contribution < 1.29 is 9.53 Å². The van der Waals surface area contributed by atoms with E-state index in [1.54, 1.807) is 36.1 Å². The zero-order valence-corrected chi connectivity index (χ0v) is 7.90. The number of carbonyl (C=O) groups is 1. The summed E-state index contributed by atoms with van der Waals surface area (Å²) in [6, 6.07) is 3.19. The van der Waals surface area contributed by atoms with E-state index in [9.17, 15) is 4.79 Å². The van der Waals surface area contributed by atoms with Crippen LogP contribution in [0.15, 0.2) is 36.1 Å². The fourth-order valence-electron chi connectivity index (χ4n) is 0.887. The monoisotopic (exact) mass is 206 g/mol. The Kier molecular flexibility index (Phi) is 2.51. The van der Waals surface area contributed by atoms with Crippen LogP contribution in [0.1, 0.15) is 10.4 Å². The normalized spacial score (nSPS) is 9.71. The van der Waals surface area contributed by atoms with Gasteiger partial charge in [0.15, 0.2) is 0 Å². The SMILES string of the molecule is O=C(Oc1nccs1)c1ccncc1. The number of hydrogen-bond donors (Lipinski definition) is 0. The molecule has 0 fully saturated rings. The number of hydrogen-bond acceptors (Lipinski definition) is 5. The molecule has 2 aromatic rings. The van der Waals surface area contributed by atoms with Crippen molar-refractivity contribution in [1.82, 2.24) is 9.97 Å². The maximum Gasteiger partial charge on any atom is 0.345 e. The summed E-state index contributed by atoms with van der Waals surface area (Å²) in [6.07, 6.45) is 4.66. The van der Waals surface area contributed by atoms with Crippen LogP contribution in [0.2, 0.25) is 0 Å². The van der Waals surface area contributed by atoms with Crippen LogP contribution < -0.4 is 4.74 Å².